The van der Waals surface area contributed by atoms with E-state index in [4.69, 9.17) is 4.74 Å². The number of hydrogen-bond donors (Lipinski definition) is 1. The van der Waals surface area contributed by atoms with Crippen molar-refractivity contribution in [1.29, 1.82) is 0 Å². The van der Waals surface area contributed by atoms with Gasteiger partial charge in [0.15, 0.2) is 0 Å². The van der Waals surface area contributed by atoms with Crippen LogP contribution in [0.15, 0.2) is 0 Å². The zero-order valence-electron chi connectivity index (χ0n) is 20.9. The lowest BCUT2D eigenvalue weighted by atomic mass is 9.91. The molecule has 0 spiro atoms. The average molecular weight is 468 g/mol. The van der Waals surface area contributed by atoms with Crippen LogP contribution in [0.4, 0.5) is 4.79 Å². The van der Waals surface area contributed by atoms with Gasteiger partial charge in [-0.15, -0.1) is 0 Å². The van der Waals surface area contributed by atoms with Crippen LogP contribution in [0.2, 0.25) is 0 Å². The molecule has 0 aliphatic carbocycles. The first kappa shape index (κ1) is 26.9. The fraction of sp³-hybridized carbons (Fsp3) is 0.833. The predicted octanol–water partition coefficient (Wildman–Crippen LogP) is 2.72. The quantitative estimate of drug-likeness (QED) is 0.577. The molecule has 0 aromatic heterocycles. The molecule has 3 amide bonds. The molecule has 33 heavy (non-hydrogen) atoms. The van der Waals surface area contributed by atoms with Gasteiger partial charge >= 0.3 is 12.1 Å². The van der Waals surface area contributed by atoms with Crippen LogP contribution in [0, 0.1) is 11.8 Å². The number of hydrogen-bond acceptors (Lipinski definition) is 6. The highest BCUT2D eigenvalue weighted by Crippen LogP contribution is 2.25. The number of likely N-dealkylation sites (tertiary alicyclic amines) is 2. The van der Waals surface area contributed by atoms with Crippen molar-refractivity contribution < 1.29 is 28.7 Å². The van der Waals surface area contributed by atoms with Crippen LogP contribution < -0.4 is 5.32 Å². The van der Waals surface area contributed by atoms with E-state index in [2.05, 4.69) is 10.1 Å². The van der Waals surface area contributed by atoms with E-state index in [1.807, 2.05) is 20.8 Å². The largest absolute Gasteiger partial charge is 0.469 e. The highest BCUT2D eigenvalue weighted by molar-refractivity contribution is 5.82. The van der Waals surface area contributed by atoms with E-state index in [0.717, 1.165) is 32.1 Å². The average Bonchev–Trinajstić information content (AvgIpc) is 2.76. The SMILES string of the molecule is COC(=O)CC(C)NC(=O)[C@@H]1CCCN(C(=O)CCC2CCN(C(=O)OC(C)(C)C)CC2)C1. The number of carbonyl (C=O) groups is 4. The van der Waals surface area contributed by atoms with Crippen LogP contribution in [-0.4, -0.2) is 78.6 Å². The van der Waals surface area contributed by atoms with Gasteiger partial charge in [-0.25, -0.2) is 4.79 Å². The number of piperidine rings is 2. The zero-order valence-corrected chi connectivity index (χ0v) is 20.9. The summed E-state index contributed by atoms with van der Waals surface area (Å²) < 4.78 is 10.1. The normalized spacial score (nSPS) is 20.7. The number of ether oxygens (including phenoxy) is 2. The number of esters is 1. The Hall–Kier alpha value is -2.32. The number of rotatable bonds is 7. The number of methoxy groups -OCH3 is 1. The Labute approximate surface area is 197 Å². The van der Waals surface area contributed by atoms with E-state index in [1.54, 1.807) is 16.7 Å². The van der Waals surface area contributed by atoms with Crippen molar-refractivity contribution in [2.75, 3.05) is 33.3 Å². The van der Waals surface area contributed by atoms with Crippen LogP contribution in [0.5, 0.6) is 0 Å². The molecule has 2 saturated heterocycles. The topological polar surface area (TPSA) is 105 Å². The third kappa shape index (κ3) is 9.21. The Balaban J connectivity index is 1.72. The summed E-state index contributed by atoms with van der Waals surface area (Å²) in [6.45, 7) is 9.77. The predicted molar refractivity (Wildman–Crippen MR) is 123 cm³/mol. The first-order chi connectivity index (χ1) is 15.5. The molecule has 188 valence electrons. The third-order valence-corrected chi connectivity index (χ3v) is 6.27. The summed E-state index contributed by atoms with van der Waals surface area (Å²) in [5.74, 6) is -0.223. The van der Waals surface area contributed by atoms with Gasteiger partial charge in [0.2, 0.25) is 11.8 Å². The summed E-state index contributed by atoms with van der Waals surface area (Å²) in [6.07, 6.45) is 4.40. The zero-order chi connectivity index (χ0) is 24.6. The lowest BCUT2D eigenvalue weighted by molar-refractivity contribution is -0.141. The number of carbonyl (C=O) groups excluding carboxylic acids is 4. The Morgan fingerprint density at radius 3 is 2.30 bits per heavy atom. The number of nitrogens with one attached hydrogen (secondary N) is 1. The summed E-state index contributed by atoms with van der Waals surface area (Å²) in [4.78, 5) is 52.5. The number of amides is 3. The van der Waals surface area contributed by atoms with E-state index < -0.39 is 5.60 Å². The molecule has 2 fully saturated rings. The highest BCUT2D eigenvalue weighted by atomic mass is 16.6. The minimum atomic E-state index is -0.497. The van der Waals surface area contributed by atoms with Crippen molar-refractivity contribution in [2.45, 2.75) is 84.3 Å². The molecule has 1 unspecified atom stereocenters. The smallest absolute Gasteiger partial charge is 0.410 e. The minimum Gasteiger partial charge on any atom is -0.469 e. The molecule has 0 bridgehead atoms. The Bertz CT molecular complexity index is 697. The van der Waals surface area contributed by atoms with Crippen molar-refractivity contribution in [3.05, 3.63) is 0 Å². The van der Waals surface area contributed by atoms with E-state index in [0.29, 0.717) is 38.5 Å². The molecule has 0 radical (unpaired) electrons. The maximum Gasteiger partial charge on any atom is 0.410 e. The van der Waals surface area contributed by atoms with E-state index in [-0.39, 0.29) is 42.3 Å². The van der Waals surface area contributed by atoms with Crippen LogP contribution in [-0.2, 0) is 23.9 Å². The molecule has 2 heterocycles. The standard InChI is InChI=1S/C24H41N3O6/c1-17(15-21(29)32-5)25-22(30)19-7-6-12-27(16-19)20(28)9-8-18-10-13-26(14-11-18)23(31)33-24(2,3)4/h17-19H,6-16H2,1-5H3,(H,25,30)/t17?,19-/m1/s1. The van der Waals surface area contributed by atoms with Gasteiger partial charge in [0.05, 0.1) is 19.4 Å². The maximum absolute atomic E-state index is 12.8. The molecule has 9 heteroatoms. The van der Waals surface area contributed by atoms with Gasteiger partial charge in [-0.2, -0.15) is 0 Å². The molecule has 1 N–H and O–H groups in total. The van der Waals surface area contributed by atoms with Gasteiger partial charge in [-0.1, -0.05) is 0 Å². The van der Waals surface area contributed by atoms with E-state index >= 15 is 0 Å². The molecule has 9 nitrogen and oxygen atoms in total. The van der Waals surface area contributed by atoms with E-state index in [1.165, 1.54) is 7.11 Å². The first-order valence-corrected chi connectivity index (χ1v) is 12.1. The summed E-state index contributed by atoms with van der Waals surface area (Å²) >= 11 is 0. The summed E-state index contributed by atoms with van der Waals surface area (Å²) in [6, 6.07) is -0.303. The second-order valence-corrected chi connectivity index (χ2v) is 10.3. The van der Waals surface area contributed by atoms with Gasteiger partial charge < -0.3 is 24.6 Å². The molecule has 0 aromatic rings. The van der Waals surface area contributed by atoms with Crippen molar-refractivity contribution in [3.63, 3.8) is 0 Å². The molecule has 2 rings (SSSR count). The lowest BCUT2D eigenvalue weighted by Gasteiger charge is -2.35. The van der Waals surface area contributed by atoms with Gasteiger partial charge in [0.25, 0.3) is 0 Å². The van der Waals surface area contributed by atoms with Crippen LogP contribution >= 0.6 is 0 Å². The molecular formula is C24H41N3O6. The van der Waals surface area contributed by atoms with Crippen LogP contribution in [0.3, 0.4) is 0 Å². The van der Waals surface area contributed by atoms with Gasteiger partial charge in [0.1, 0.15) is 5.60 Å². The molecule has 0 aromatic carbocycles. The molecule has 2 aliphatic rings. The summed E-state index contributed by atoms with van der Waals surface area (Å²) in [5.41, 5.74) is -0.497. The van der Waals surface area contributed by atoms with Gasteiger partial charge in [-0.3, -0.25) is 14.4 Å². The Kier molecular flexibility index (Phi) is 9.98. The molecular weight excluding hydrogens is 426 g/mol. The summed E-state index contributed by atoms with van der Waals surface area (Å²) in [5, 5.41) is 2.87. The first-order valence-electron chi connectivity index (χ1n) is 12.1. The van der Waals surface area contributed by atoms with E-state index in [9.17, 15) is 19.2 Å². The molecule has 2 atom stereocenters. The monoisotopic (exact) mass is 467 g/mol. The van der Waals surface area contributed by atoms with Gasteiger partial charge in [0, 0.05) is 38.6 Å². The van der Waals surface area contributed by atoms with Crippen molar-refractivity contribution in [1.82, 2.24) is 15.1 Å². The number of nitrogens with zero attached hydrogens (tertiary/aromatic N) is 2. The van der Waals surface area contributed by atoms with Crippen molar-refractivity contribution in [3.8, 4) is 0 Å². The van der Waals surface area contributed by atoms with Crippen LogP contribution in [0.1, 0.15) is 72.6 Å². The molecule has 0 saturated carbocycles. The van der Waals surface area contributed by atoms with Gasteiger partial charge in [-0.05, 0) is 65.7 Å². The molecule has 2 aliphatic heterocycles. The summed E-state index contributed by atoms with van der Waals surface area (Å²) in [7, 11) is 1.33. The second-order valence-electron chi connectivity index (χ2n) is 10.3. The van der Waals surface area contributed by atoms with Crippen molar-refractivity contribution in [2.24, 2.45) is 11.8 Å². The fourth-order valence-corrected chi connectivity index (χ4v) is 4.38. The second kappa shape index (κ2) is 12.2. The Morgan fingerprint density at radius 1 is 1.03 bits per heavy atom. The third-order valence-electron chi connectivity index (χ3n) is 6.27. The van der Waals surface area contributed by atoms with Crippen molar-refractivity contribution >= 4 is 23.9 Å². The van der Waals surface area contributed by atoms with Crippen LogP contribution in [0.25, 0.3) is 0 Å². The lowest BCUT2D eigenvalue weighted by Crippen LogP contribution is -2.47. The minimum absolute atomic E-state index is 0.0877. The highest BCUT2D eigenvalue weighted by Gasteiger charge is 2.31. The Morgan fingerprint density at radius 2 is 1.70 bits per heavy atom. The fourth-order valence-electron chi connectivity index (χ4n) is 4.38. The maximum atomic E-state index is 12.8.